The molecule has 0 aliphatic heterocycles. The Morgan fingerprint density at radius 2 is 1.66 bits per heavy atom. The first-order valence-corrected chi connectivity index (χ1v) is 14.7. The molecule has 6 rings (SSSR count). The van der Waals surface area contributed by atoms with Crippen molar-refractivity contribution in [2.45, 2.75) is 32.6 Å². The summed E-state index contributed by atoms with van der Waals surface area (Å²) in [6, 6.07) is 32.6. The van der Waals surface area contributed by atoms with Gasteiger partial charge in [0.25, 0.3) is 0 Å². The van der Waals surface area contributed by atoms with E-state index in [1.54, 1.807) is 30.4 Å². The van der Waals surface area contributed by atoms with Crippen LogP contribution >= 0.6 is 11.3 Å². The molecule has 0 unspecified atom stereocenters. The van der Waals surface area contributed by atoms with Gasteiger partial charge in [-0.2, -0.15) is 5.26 Å². The molecule has 6 heteroatoms. The number of fused-ring (bicyclic) bond motifs is 1. The molecular formula is C35H29N3O2S. The number of hydrogen-bond acceptors (Lipinski definition) is 5. The average Bonchev–Trinajstić information content (AvgIpc) is 3.59. The molecule has 0 bridgehead atoms. The highest BCUT2D eigenvalue weighted by molar-refractivity contribution is 7.16. The highest BCUT2D eigenvalue weighted by Gasteiger charge is 2.22. The third kappa shape index (κ3) is 5.25. The summed E-state index contributed by atoms with van der Waals surface area (Å²) in [6.45, 7) is 2.14. The van der Waals surface area contributed by atoms with Crippen LogP contribution in [0.1, 0.15) is 51.7 Å². The van der Waals surface area contributed by atoms with Crippen LogP contribution in [0.2, 0.25) is 0 Å². The Labute approximate surface area is 244 Å². The van der Waals surface area contributed by atoms with Gasteiger partial charge in [-0.1, -0.05) is 60.7 Å². The zero-order valence-electron chi connectivity index (χ0n) is 22.8. The van der Waals surface area contributed by atoms with Crippen molar-refractivity contribution in [3.05, 3.63) is 118 Å². The minimum Gasteiger partial charge on any atom is -0.462 e. The second kappa shape index (κ2) is 11.8. The molecule has 5 aromatic rings. The van der Waals surface area contributed by atoms with E-state index in [2.05, 4.69) is 41.0 Å². The van der Waals surface area contributed by atoms with Crippen LogP contribution in [0.5, 0.6) is 0 Å². The predicted molar refractivity (Wildman–Crippen MR) is 166 cm³/mol. The lowest BCUT2D eigenvalue weighted by atomic mass is 9.96. The summed E-state index contributed by atoms with van der Waals surface area (Å²) in [5.74, 6) is -0.335. The number of carbonyl (C=O) groups excluding carboxylic acids is 1. The van der Waals surface area contributed by atoms with Crippen molar-refractivity contribution in [2.75, 3.05) is 6.61 Å². The van der Waals surface area contributed by atoms with Crippen LogP contribution in [0, 0.1) is 11.3 Å². The van der Waals surface area contributed by atoms with Crippen molar-refractivity contribution in [2.24, 2.45) is 4.99 Å². The molecule has 2 heterocycles. The highest BCUT2D eigenvalue weighted by Crippen LogP contribution is 2.40. The van der Waals surface area contributed by atoms with Gasteiger partial charge < -0.3 is 9.30 Å². The number of carbonyl (C=O) groups is 1. The van der Waals surface area contributed by atoms with E-state index in [4.69, 9.17) is 9.73 Å². The van der Waals surface area contributed by atoms with Gasteiger partial charge in [0.15, 0.2) is 0 Å². The van der Waals surface area contributed by atoms with E-state index in [1.807, 2.05) is 54.7 Å². The van der Waals surface area contributed by atoms with E-state index < -0.39 is 0 Å². The summed E-state index contributed by atoms with van der Waals surface area (Å²) in [5, 5.41) is 10.8. The molecule has 0 fully saturated rings. The Morgan fingerprint density at radius 1 is 0.976 bits per heavy atom. The maximum absolute atomic E-state index is 12.4. The second-order valence-electron chi connectivity index (χ2n) is 9.93. The Kier molecular flexibility index (Phi) is 7.62. The zero-order chi connectivity index (χ0) is 28.2. The quantitative estimate of drug-likeness (QED) is 0.149. The molecule has 0 spiro atoms. The van der Waals surface area contributed by atoms with Crippen LogP contribution in [0.4, 0.5) is 5.00 Å². The lowest BCUT2D eigenvalue weighted by Crippen LogP contribution is -2.05. The smallest absolute Gasteiger partial charge is 0.338 e. The molecule has 202 valence electrons. The zero-order valence-corrected chi connectivity index (χ0v) is 23.7. The van der Waals surface area contributed by atoms with Crippen LogP contribution in [-0.4, -0.2) is 23.4 Å². The molecule has 0 atom stereocenters. The third-order valence-electron chi connectivity index (χ3n) is 7.37. The number of thiophene rings is 1. The van der Waals surface area contributed by atoms with Gasteiger partial charge in [0.2, 0.25) is 0 Å². The van der Waals surface area contributed by atoms with Crippen molar-refractivity contribution >= 4 is 28.5 Å². The number of nitrogens with zero attached hydrogens (tertiary/aromatic N) is 3. The average molecular weight is 556 g/mol. The summed E-state index contributed by atoms with van der Waals surface area (Å²) in [4.78, 5) is 18.6. The first kappa shape index (κ1) is 26.5. The van der Waals surface area contributed by atoms with Crippen molar-refractivity contribution in [1.29, 1.82) is 5.26 Å². The van der Waals surface area contributed by atoms with Gasteiger partial charge in [-0.25, -0.2) is 9.79 Å². The molecular weight excluding hydrogens is 526 g/mol. The van der Waals surface area contributed by atoms with Crippen LogP contribution < -0.4 is 0 Å². The molecule has 0 saturated carbocycles. The summed E-state index contributed by atoms with van der Waals surface area (Å²) in [6.07, 6.45) is 6.16. The highest BCUT2D eigenvalue weighted by atomic mass is 32.1. The number of aromatic nitrogens is 1. The molecule has 0 N–H and O–H groups in total. The minimum atomic E-state index is -0.335. The van der Waals surface area contributed by atoms with E-state index in [0.717, 1.165) is 70.0 Å². The van der Waals surface area contributed by atoms with Crippen LogP contribution in [0.3, 0.4) is 0 Å². The molecule has 1 aliphatic rings. The van der Waals surface area contributed by atoms with Crippen molar-refractivity contribution < 1.29 is 9.53 Å². The van der Waals surface area contributed by atoms with Gasteiger partial charge in [-0.3, -0.25) is 0 Å². The molecule has 3 aromatic carbocycles. The number of hydrogen-bond donors (Lipinski definition) is 0. The Hall–Kier alpha value is -4.73. The van der Waals surface area contributed by atoms with E-state index in [0.29, 0.717) is 12.2 Å². The van der Waals surface area contributed by atoms with Crippen LogP contribution in [-0.2, 0) is 17.6 Å². The fourth-order valence-electron chi connectivity index (χ4n) is 5.46. The standard InChI is InChI=1S/C35H29N3O2S/c1-2-40-35(39)26-17-19-28(20-18-26)38-31(24-11-5-3-6-12-24)21-27(33(38)25-13-7-4-8-14-25)23-37-34-30(22-36)29-15-9-10-16-32(29)41-34/h3-8,11-14,17-21,23H,2,9-10,15-16H2,1H3. The number of rotatable bonds is 7. The molecule has 1 aliphatic carbocycles. The lowest BCUT2D eigenvalue weighted by molar-refractivity contribution is 0.0526. The number of esters is 1. The largest absolute Gasteiger partial charge is 0.462 e. The molecule has 0 radical (unpaired) electrons. The van der Waals surface area contributed by atoms with Gasteiger partial charge in [-0.15, -0.1) is 11.3 Å². The molecule has 2 aromatic heterocycles. The van der Waals surface area contributed by atoms with Crippen LogP contribution in [0.25, 0.3) is 28.2 Å². The first-order valence-electron chi connectivity index (χ1n) is 13.9. The van der Waals surface area contributed by atoms with Gasteiger partial charge in [0, 0.05) is 22.3 Å². The normalized spacial score (nSPS) is 12.7. The topological polar surface area (TPSA) is 67.4 Å². The number of benzene rings is 3. The SMILES string of the molecule is CCOC(=O)c1ccc(-n2c(-c3ccccc3)cc(C=Nc3sc4c(c3C#N)CCCC4)c2-c2ccccc2)cc1. The van der Waals surface area contributed by atoms with Gasteiger partial charge in [-0.05, 0) is 79.6 Å². The van der Waals surface area contributed by atoms with Crippen molar-refractivity contribution in [3.63, 3.8) is 0 Å². The first-order chi connectivity index (χ1) is 20.2. The number of aliphatic imine (C=N–C) groups is 1. The summed E-state index contributed by atoms with van der Waals surface area (Å²) < 4.78 is 7.42. The van der Waals surface area contributed by atoms with Gasteiger partial charge in [0.05, 0.1) is 29.1 Å². The Balaban J connectivity index is 1.54. The van der Waals surface area contributed by atoms with E-state index in [9.17, 15) is 10.1 Å². The lowest BCUT2D eigenvalue weighted by Gasteiger charge is -2.15. The summed E-state index contributed by atoms with van der Waals surface area (Å²) >= 11 is 1.65. The summed E-state index contributed by atoms with van der Waals surface area (Å²) in [5.41, 5.74) is 8.36. The Bertz CT molecular complexity index is 1760. The van der Waals surface area contributed by atoms with E-state index in [1.165, 1.54) is 10.4 Å². The van der Waals surface area contributed by atoms with Crippen LogP contribution in [0.15, 0.2) is 96.0 Å². The van der Waals surface area contributed by atoms with E-state index in [-0.39, 0.29) is 5.97 Å². The maximum atomic E-state index is 12.4. The van der Waals surface area contributed by atoms with Gasteiger partial charge >= 0.3 is 5.97 Å². The Morgan fingerprint density at radius 3 is 2.34 bits per heavy atom. The molecule has 41 heavy (non-hydrogen) atoms. The molecule has 0 saturated heterocycles. The number of aryl methyl sites for hydroxylation is 1. The second-order valence-corrected chi connectivity index (χ2v) is 11.0. The number of nitriles is 1. The predicted octanol–water partition coefficient (Wildman–Crippen LogP) is 8.55. The fraction of sp³-hybridized carbons (Fsp3) is 0.171. The maximum Gasteiger partial charge on any atom is 0.338 e. The molecule has 5 nitrogen and oxygen atoms in total. The molecule has 0 amide bonds. The van der Waals surface area contributed by atoms with Crippen molar-refractivity contribution in [1.82, 2.24) is 4.57 Å². The fourth-order valence-corrected chi connectivity index (χ4v) is 6.64. The van der Waals surface area contributed by atoms with Crippen molar-refractivity contribution in [3.8, 4) is 34.3 Å². The summed E-state index contributed by atoms with van der Waals surface area (Å²) in [7, 11) is 0. The third-order valence-corrected chi connectivity index (χ3v) is 8.57. The monoisotopic (exact) mass is 555 g/mol. The van der Waals surface area contributed by atoms with E-state index >= 15 is 0 Å². The van der Waals surface area contributed by atoms with Gasteiger partial charge in [0.1, 0.15) is 11.1 Å². The number of ether oxygens (including phenoxy) is 1. The minimum absolute atomic E-state index is 0.331.